The Bertz CT molecular complexity index is 720. The Morgan fingerprint density at radius 2 is 1.88 bits per heavy atom. The first kappa shape index (κ1) is 22.1. The van der Waals surface area contributed by atoms with Crippen molar-refractivity contribution in [1.29, 1.82) is 0 Å². The summed E-state index contributed by atoms with van der Waals surface area (Å²) in [6.45, 7) is -2.56. The third kappa shape index (κ3) is 7.84. The largest absolute Gasteiger partial charge is 0.466 e. The average Bonchev–Trinajstić information content (AvgIpc) is 2.48. The van der Waals surface area contributed by atoms with Crippen molar-refractivity contribution in [1.82, 2.24) is 0 Å². The number of benzene rings is 1. The molecule has 0 bridgehead atoms. The number of hydrogen-bond acceptors (Lipinski definition) is 11. The second kappa shape index (κ2) is 10.2. The van der Waals surface area contributed by atoms with Crippen molar-refractivity contribution in [3.05, 3.63) is 29.8 Å². The standard InChI is InChI=1S/C12H17O10PS2/c1-4-19-12(13)9-10-7-5-6-8-11(10)24-23(14,20-17-2)22-25(15,16)21-18-3/h5-8H,4,9H2,1-3H3. The highest BCUT2D eigenvalue weighted by Gasteiger charge is 2.37. The zero-order valence-electron chi connectivity index (χ0n) is 13.6. The van der Waals surface area contributed by atoms with Crippen molar-refractivity contribution >= 4 is 34.5 Å². The van der Waals surface area contributed by atoms with Crippen molar-refractivity contribution in [3.8, 4) is 0 Å². The van der Waals surface area contributed by atoms with Gasteiger partial charge >= 0.3 is 23.2 Å². The fourth-order valence-corrected chi connectivity index (χ4v) is 6.28. The summed E-state index contributed by atoms with van der Waals surface area (Å²) >= 11 is 0.419. The number of carbonyl (C=O) groups excluding carboxylic acids is 1. The fraction of sp³-hybridized carbons (Fsp3) is 0.417. The molecule has 0 aliphatic carbocycles. The quantitative estimate of drug-likeness (QED) is 0.229. The Morgan fingerprint density at radius 1 is 1.20 bits per heavy atom. The highest BCUT2D eigenvalue weighted by molar-refractivity contribution is 8.55. The summed E-state index contributed by atoms with van der Waals surface area (Å²) in [4.78, 5) is 20.2. The third-order valence-corrected chi connectivity index (χ3v) is 7.23. The summed E-state index contributed by atoms with van der Waals surface area (Å²) in [5.41, 5.74) is 0.430. The lowest BCUT2D eigenvalue weighted by molar-refractivity contribution is -0.189. The lowest BCUT2D eigenvalue weighted by atomic mass is 10.1. The lowest BCUT2D eigenvalue weighted by Gasteiger charge is -2.15. The van der Waals surface area contributed by atoms with Gasteiger partial charge in [-0.1, -0.05) is 22.5 Å². The van der Waals surface area contributed by atoms with E-state index in [1.54, 1.807) is 25.1 Å². The molecular weight excluding hydrogens is 399 g/mol. The molecule has 0 N–H and O–H groups in total. The molecule has 10 nitrogen and oxygen atoms in total. The molecule has 13 heteroatoms. The predicted molar refractivity (Wildman–Crippen MR) is 86.4 cm³/mol. The van der Waals surface area contributed by atoms with E-state index < -0.39 is 23.2 Å². The maximum absolute atomic E-state index is 12.6. The first-order chi connectivity index (χ1) is 11.7. The Labute approximate surface area is 149 Å². The maximum atomic E-state index is 12.6. The Kier molecular flexibility index (Phi) is 9.03. The smallest absolute Gasteiger partial charge is 0.437 e. The molecule has 0 radical (unpaired) electrons. The van der Waals surface area contributed by atoms with E-state index >= 15 is 0 Å². The van der Waals surface area contributed by atoms with Crippen LogP contribution in [-0.4, -0.2) is 35.2 Å². The van der Waals surface area contributed by atoms with Crippen molar-refractivity contribution in [2.75, 3.05) is 20.8 Å². The molecule has 1 aromatic carbocycles. The molecule has 25 heavy (non-hydrogen) atoms. The van der Waals surface area contributed by atoms with Gasteiger partial charge in [-0.15, -0.1) is 4.67 Å². The number of ether oxygens (including phenoxy) is 1. The van der Waals surface area contributed by atoms with E-state index in [4.69, 9.17) is 4.74 Å². The number of esters is 1. The highest BCUT2D eigenvalue weighted by atomic mass is 32.7. The number of carbonyl (C=O) groups is 1. The van der Waals surface area contributed by atoms with Gasteiger partial charge in [-0.25, -0.2) is 14.3 Å². The van der Waals surface area contributed by atoms with Crippen molar-refractivity contribution in [2.24, 2.45) is 0 Å². The molecule has 0 saturated heterocycles. The van der Waals surface area contributed by atoms with Gasteiger partial charge in [-0.3, -0.25) is 4.79 Å². The highest BCUT2D eigenvalue weighted by Crippen LogP contribution is 2.65. The first-order valence-electron chi connectivity index (χ1n) is 6.69. The van der Waals surface area contributed by atoms with Crippen LogP contribution in [0.1, 0.15) is 12.5 Å². The van der Waals surface area contributed by atoms with Gasteiger partial charge in [0.05, 0.1) is 27.2 Å². The summed E-state index contributed by atoms with van der Waals surface area (Å²) in [5.74, 6) is -0.505. The van der Waals surface area contributed by atoms with E-state index in [1.165, 1.54) is 6.07 Å². The van der Waals surface area contributed by atoms with Crippen LogP contribution in [0.15, 0.2) is 29.2 Å². The van der Waals surface area contributed by atoms with Gasteiger partial charge in [0.15, 0.2) is 0 Å². The van der Waals surface area contributed by atoms with Crippen LogP contribution >= 0.6 is 18.2 Å². The van der Waals surface area contributed by atoms with Crippen LogP contribution in [0.5, 0.6) is 0 Å². The van der Waals surface area contributed by atoms with Crippen LogP contribution in [0.2, 0.25) is 0 Å². The predicted octanol–water partition coefficient (Wildman–Crippen LogP) is 2.41. The van der Waals surface area contributed by atoms with E-state index in [0.717, 1.165) is 14.2 Å². The zero-order chi connectivity index (χ0) is 18.9. The van der Waals surface area contributed by atoms with Crippen LogP contribution in [0, 0.1) is 0 Å². The molecule has 1 atom stereocenters. The Balaban J connectivity index is 3.06. The van der Waals surface area contributed by atoms with Gasteiger partial charge in [0.2, 0.25) is 0 Å². The lowest BCUT2D eigenvalue weighted by Crippen LogP contribution is -2.09. The second-order valence-corrected chi connectivity index (χ2v) is 9.19. The molecular formula is C12H17O10PS2. The van der Waals surface area contributed by atoms with E-state index in [-0.39, 0.29) is 17.9 Å². The van der Waals surface area contributed by atoms with Crippen LogP contribution < -0.4 is 0 Å². The zero-order valence-corrected chi connectivity index (χ0v) is 16.1. The molecule has 0 spiro atoms. The normalized spacial score (nSPS) is 14.0. The summed E-state index contributed by atoms with van der Waals surface area (Å²) in [6, 6.07) is 6.31. The molecule has 1 unspecified atom stereocenters. The molecule has 142 valence electrons. The monoisotopic (exact) mass is 416 g/mol. The van der Waals surface area contributed by atoms with Gasteiger partial charge < -0.3 is 4.74 Å². The number of rotatable bonds is 11. The molecule has 0 aliphatic rings. The van der Waals surface area contributed by atoms with Gasteiger partial charge in [0, 0.05) is 4.90 Å². The van der Waals surface area contributed by atoms with Crippen LogP contribution in [0.4, 0.5) is 0 Å². The van der Waals surface area contributed by atoms with Crippen molar-refractivity contribution in [2.45, 2.75) is 18.2 Å². The number of hydrogen-bond donors (Lipinski definition) is 0. The molecule has 0 aliphatic heterocycles. The topological polar surface area (TPSA) is 124 Å². The van der Waals surface area contributed by atoms with E-state index in [2.05, 4.69) is 22.8 Å². The summed E-state index contributed by atoms with van der Waals surface area (Å²) in [5, 5.41) is 0. The van der Waals surface area contributed by atoms with Crippen molar-refractivity contribution in [3.63, 3.8) is 0 Å². The van der Waals surface area contributed by atoms with E-state index in [0.29, 0.717) is 16.9 Å². The maximum Gasteiger partial charge on any atom is 0.437 e. The molecule has 1 aromatic rings. The van der Waals surface area contributed by atoms with Crippen LogP contribution in [0.25, 0.3) is 0 Å². The van der Waals surface area contributed by atoms with Gasteiger partial charge in [-0.05, 0) is 29.9 Å². The molecule has 1 rings (SSSR count). The molecule has 0 fully saturated rings. The fourth-order valence-electron chi connectivity index (χ4n) is 1.57. The van der Waals surface area contributed by atoms with Gasteiger partial charge in [0.1, 0.15) is 0 Å². The minimum Gasteiger partial charge on any atom is -0.466 e. The average molecular weight is 416 g/mol. The van der Waals surface area contributed by atoms with Gasteiger partial charge in [-0.2, -0.15) is 12.4 Å². The van der Waals surface area contributed by atoms with E-state index in [9.17, 15) is 17.8 Å². The molecule has 0 amide bonds. The third-order valence-electron chi connectivity index (χ3n) is 2.32. The SMILES string of the molecule is CCOC(=O)Cc1ccccc1SP(=O)(OOC)OS(=O)(=O)OOC. The van der Waals surface area contributed by atoms with E-state index in [1.807, 2.05) is 0 Å². The molecule has 0 heterocycles. The van der Waals surface area contributed by atoms with Crippen LogP contribution in [-0.2, 0) is 53.7 Å². The summed E-state index contributed by atoms with van der Waals surface area (Å²) in [6.07, 6.45) is -0.120. The minimum atomic E-state index is -4.78. The minimum absolute atomic E-state index is 0.120. The van der Waals surface area contributed by atoms with Crippen molar-refractivity contribution < 1.29 is 45.3 Å². The Morgan fingerprint density at radius 3 is 2.48 bits per heavy atom. The molecule has 0 aromatic heterocycles. The first-order valence-corrected chi connectivity index (χ1v) is 11.0. The second-order valence-electron chi connectivity index (χ2n) is 4.09. The van der Waals surface area contributed by atoms with Crippen LogP contribution in [0.3, 0.4) is 0 Å². The summed E-state index contributed by atoms with van der Waals surface area (Å²) in [7, 11) is -2.84. The summed E-state index contributed by atoms with van der Waals surface area (Å²) < 4.78 is 53.2. The van der Waals surface area contributed by atoms with Gasteiger partial charge in [0.25, 0.3) is 0 Å². The molecule has 0 saturated carbocycles. The Hall–Kier alpha value is -0.980.